The van der Waals surface area contributed by atoms with E-state index in [2.05, 4.69) is 10.3 Å². The molecule has 0 unspecified atom stereocenters. The van der Waals surface area contributed by atoms with Crippen molar-refractivity contribution >= 4 is 37.7 Å². The molecule has 0 radical (unpaired) electrons. The molecule has 148 valence electrons. The summed E-state index contributed by atoms with van der Waals surface area (Å²) in [6, 6.07) is 6.94. The molecule has 0 atom stereocenters. The molecule has 7 nitrogen and oxygen atoms in total. The van der Waals surface area contributed by atoms with E-state index in [1.807, 2.05) is 32.0 Å². The van der Waals surface area contributed by atoms with E-state index in [1.165, 1.54) is 21.8 Å². The highest BCUT2D eigenvalue weighted by Gasteiger charge is 2.20. The molecule has 0 saturated heterocycles. The molecule has 3 rings (SSSR count). The van der Waals surface area contributed by atoms with Crippen molar-refractivity contribution in [2.45, 2.75) is 32.4 Å². The number of carbonyl (C=O) groups excluding carboxylic acids is 1. The topological polar surface area (TPSA) is 97.6 Å². The van der Waals surface area contributed by atoms with Crippen molar-refractivity contribution < 1.29 is 13.2 Å². The van der Waals surface area contributed by atoms with Crippen LogP contribution in [0.2, 0.25) is 0 Å². The van der Waals surface area contributed by atoms with Crippen molar-refractivity contribution in [1.82, 2.24) is 9.38 Å². The number of nitrogens with zero attached hydrogens (tertiary/aromatic N) is 2. The molecule has 2 heterocycles. The molecule has 1 aromatic carbocycles. The molecule has 0 aliphatic carbocycles. The lowest BCUT2D eigenvalue weighted by Gasteiger charge is -2.14. The minimum absolute atomic E-state index is 0.142. The second kappa shape index (κ2) is 8.24. The van der Waals surface area contributed by atoms with Gasteiger partial charge in [0.1, 0.15) is 5.75 Å². The Labute approximate surface area is 167 Å². The molecule has 2 aromatic heterocycles. The molecule has 0 fully saturated rings. The summed E-state index contributed by atoms with van der Waals surface area (Å²) in [5.74, 6) is -1.72. The number of aromatic nitrogens is 2. The van der Waals surface area contributed by atoms with Gasteiger partial charge in [-0.3, -0.25) is 14.0 Å². The van der Waals surface area contributed by atoms with Gasteiger partial charge in [0.05, 0.1) is 11.4 Å². The number of aryl methyl sites for hydroxylation is 2. The lowest BCUT2D eigenvalue weighted by Crippen LogP contribution is -2.26. The minimum atomic E-state index is -3.78. The fraction of sp³-hybridized carbons (Fsp3) is 0.316. The number of anilines is 1. The first kappa shape index (κ1) is 20.2. The Morgan fingerprint density at radius 1 is 1.21 bits per heavy atom. The van der Waals surface area contributed by atoms with Crippen molar-refractivity contribution in [3.05, 3.63) is 63.0 Å². The Morgan fingerprint density at radius 2 is 1.89 bits per heavy atom. The highest BCUT2D eigenvalue weighted by Crippen LogP contribution is 2.22. The van der Waals surface area contributed by atoms with Crippen LogP contribution in [0.3, 0.4) is 0 Å². The van der Waals surface area contributed by atoms with Crippen molar-refractivity contribution in [2.24, 2.45) is 0 Å². The first-order valence-corrected chi connectivity index (χ1v) is 11.6. The lowest BCUT2D eigenvalue weighted by atomic mass is 10.0. The van der Waals surface area contributed by atoms with E-state index < -0.39 is 27.3 Å². The third-order valence-electron chi connectivity index (χ3n) is 4.34. The number of benzene rings is 1. The Hall–Kier alpha value is -2.52. The first-order chi connectivity index (χ1) is 13.3. The number of amides is 1. The normalized spacial score (nSPS) is 11.6. The minimum Gasteiger partial charge on any atom is -0.325 e. The lowest BCUT2D eigenvalue weighted by molar-refractivity contribution is -0.113. The average Bonchev–Trinajstić information content (AvgIpc) is 3.10. The fourth-order valence-corrected chi connectivity index (χ4v) is 4.93. The molecule has 0 bridgehead atoms. The summed E-state index contributed by atoms with van der Waals surface area (Å²) in [6.45, 7) is 3.96. The van der Waals surface area contributed by atoms with Crippen LogP contribution in [-0.4, -0.2) is 29.5 Å². The number of nitrogens with one attached hydrogen (secondary N) is 1. The van der Waals surface area contributed by atoms with Gasteiger partial charge in [0.25, 0.3) is 5.56 Å². The molecule has 0 saturated carbocycles. The van der Waals surface area contributed by atoms with Crippen LogP contribution in [0, 0.1) is 0 Å². The molecular weight excluding hydrogens is 398 g/mol. The number of hydrogen-bond acceptors (Lipinski definition) is 6. The largest absolute Gasteiger partial charge is 0.325 e. The summed E-state index contributed by atoms with van der Waals surface area (Å²) in [7, 11) is -3.78. The zero-order valence-corrected chi connectivity index (χ0v) is 17.3. The van der Waals surface area contributed by atoms with Crippen LogP contribution in [0.5, 0.6) is 0 Å². The van der Waals surface area contributed by atoms with Gasteiger partial charge in [-0.15, -0.1) is 11.3 Å². The summed E-state index contributed by atoms with van der Waals surface area (Å²) in [5.41, 5.74) is 2.41. The van der Waals surface area contributed by atoms with E-state index in [9.17, 15) is 18.0 Å². The number of sulfone groups is 1. The molecule has 3 aromatic rings. The van der Waals surface area contributed by atoms with Crippen LogP contribution in [0.1, 0.15) is 30.7 Å². The SMILES string of the molecule is CCc1cccc(CC)c1NC(=O)CS(=O)(=O)Cc1cc(=O)n2ccsc2n1. The van der Waals surface area contributed by atoms with Gasteiger partial charge in [0, 0.05) is 23.3 Å². The third kappa shape index (κ3) is 4.48. The van der Waals surface area contributed by atoms with Gasteiger partial charge in [-0.2, -0.15) is 0 Å². The van der Waals surface area contributed by atoms with E-state index in [1.54, 1.807) is 11.6 Å². The molecule has 28 heavy (non-hydrogen) atoms. The van der Waals surface area contributed by atoms with Crippen LogP contribution in [0.15, 0.2) is 40.6 Å². The number of carbonyl (C=O) groups is 1. The Balaban J connectivity index is 1.77. The summed E-state index contributed by atoms with van der Waals surface area (Å²) < 4.78 is 26.3. The first-order valence-electron chi connectivity index (χ1n) is 8.89. The average molecular weight is 420 g/mol. The number of fused-ring (bicyclic) bond motifs is 1. The predicted octanol–water partition coefficient (Wildman–Crippen LogP) is 2.43. The quantitative estimate of drug-likeness (QED) is 0.634. The van der Waals surface area contributed by atoms with E-state index >= 15 is 0 Å². The second-order valence-electron chi connectivity index (χ2n) is 6.38. The van der Waals surface area contributed by atoms with Gasteiger partial charge >= 0.3 is 0 Å². The second-order valence-corrected chi connectivity index (χ2v) is 9.32. The van der Waals surface area contributed by atoms with Gasteiger partial charge in [-0.1, -0.05) is 32.0 Å². The highest BCUT2D eigenvalue weighted by atomic mass is 32.2. The standard InChI is InChI=1S/C19H21N3O4S2/c1-3-13-6-5-7-14(4-2)18(13)21-16(23)12-28(25,26)11-15-10-17(24)22-8-9-27-19(22)20-15/h5-10H,3-4,11-12H2,1-2H3,(H,21,23). The van der Waals surface area contributed by atoms with Crippen molar-refractivity contribution in [3.63, 3.8) is 0 Å². The molecule has 1 amide bonds. The molecule has 1 N–H and O–H groups in total. The smallest absolute Gasteiger partial charge is 0.258 e. The molecule has 0 aliphatic rings. The maximum atomic E-state index is 12.5. The van der Waals surface area contributed by atoms with Crippen LogP contribution in [0.25, 0.3) is 4.96 Å². The number of para-hydroxylation sites is 1. The maximum absolute atomic E-state index is 12.5. The fourth-order valence-electron chi connectivity index (χ4n) is 3.02. The summed E-state index contributed by atoms with van der Waals surface area (Å²) in [4.78, 5) is 29.0. The van der Waals surface area contributed by atoms with E-state index in [0.29, 0.717) is 10.6 Å². The van der Waals surface area contributed by atoms with Crippen molar-refractivity contribution in [3.8, 4) is 0 Å². The number of thiazole rings is 1. The molecule has 0 spiro atoms. The predicted molar refractivity (Wildman–Crippen MR) is 111 cm³/mol. The van der Waals surface area contributed by atoms with Gasteiger partial charge in [-0.05, 0) is 24.0 Å². The van der Waals surface area contributed by atoms with E-state index in [4.69, 9.17) is 0 Å². The number of rotatable bonds is 7. The highest BCUT2D eigenvalue weighted by molar-refractivity contribution is 7.91. The third-order valence-corrected chi connectivity index (χ3v) is 6.53. The summed E-state index contributed by atoms with van der Waals surface area (Å²) >= 11 is 1.24. The number of hydrogen-bond donors (Lipinski definition) is 1. The van der Waals surface area contributed by atoms with Crippen LogP contribution in [0.4, 0.5) is 5.69 Å². The molecular formula is C19H21N3O4S2. The summed E-state index contributed by atoms with van der Waals surface area (Å²) in [5, 5.41) is 4.46. The van der Waals surface area contributed by atoms with Crippen molar-refractivity contribution in [2.75, 3.05) is 11.1 Å². The van der Waals surface area contributed by atoms with E-state index in [0.717, 1.165) is 24.0 Å². The zero-order chi connectivity index (χ0) is 20.3. The monoisotopic (exact) mass is 419 g/mol. The van der Waals surface area contributed by atoms with Gasteiger partial charge in [0.15, 0.2) is 14.8 Å². The van der Waals surface area contributed by atoms with Gasteiger partial charge in [0.2, 0.25) is 5.91 Å². The van der Waals surface area contributed by atoms with Crippen LogP contribution in [-0.2, 0) is 33.2 Å². The van der Waals surface area contributed by atoms with Gasteiger partial charge in [-0.25, -0.2) is 13.4 Å². The van der Waals surface area contributed by atoms with Crippen LogP contribution >= 0.6 is 11.3 Å². The van der Waals surface area contributed by atoms with Gasteiger partial charge < -0.3 is 5.32 Å². The Bertz CT molecular complexity index is 1160. The molecule has 0 aliphatic heterocycles. The maximum Gasteiger partial charge on any atom is 0.258 e. The summed E-state index contributed by atoms with van der Waals surface area (Å²) in [6.07, 6.45) is 3.04. The van der Waals surface area contributed by atoms with E-state index in [-0.39, 0.29) is 11.3 Å². The Morgan fingerprint density at radius 3 is 2.54 bits per heavy atom. The van der Waals surface area contributed by atoms with Crippen molar-refractivity contribution in [1.29, 1.82) is 0 Å². The zero-order valence-electron chi connectivity index (χ0n) is 15.6. The molecule has 9 heteroatoms. The Kier molecular flexibility index (Phi) is 5.95. The van der Waals surface area contributed by atoms with Crippen LogP contribution < -0.4 is 10.9 Å².